The summed E-state index contributed by atoms with van der Waals surface area (Å²) in [5, 5.41) is 18.3. The molecule has 3 atom stereocenters. The van der Waals surface area contributed by atoms with Gasteiger partial charge in [-0.1, -0.05) is 110 Å². The summed E-state index contributed by atoms with van der Waals surface area (Å²) in [4.78, 5) is 45.6. The van der Waals surface area contributed by atoms with Crippen LogP contribution in [0.2, 0.25) is 0 Å². The predicted octanol–water partition coefficient (Wildman–Crippen LogP) is 7.49. The van der Waals surface area contributed by atoms with Crippen molar-refractivity contribution in [1.82, 2.24) is 0 Å². The van der Waals surface area contributed by atoms with Gasteiger partial charge >= 0.3 is 25.7 Å². The molecule has 49 heavy (non-hydrogen) atoms. The SMILES string of the molecule is CCCCCCCCCCCCCCCC(=O)OCC(COP(=O)(O)OCC[N+](C)(C)C)OC(=O)CCCCCCCC(O)/C=C/C(=O)O. The summed E-state index contributed by atoms with van der Waals surface area (Å²) in [5.74, 6) is -2.05. The van der Waals surface area contributed by atoms with E-state index in [0.717, 1.165) is 51.0 Å². The van der Waals surface area contributed by atoms with Gasteiger partial charge < -0.3 is 29.1 Å². The number of unbranched alkanes of at least 4 members (excludes halogenated alkanes) is 16. The number of hydrogen-bond acceptors (Lipinski definition) is 9. The van der Waals surface area contributed by atoms with Crippen molar-refractivity contribution in [2.45, 2.75) is 154 Å². The molecule has 0 aromatic heterocycles. The molecule has 288 valence electrons. The van der Waals surface area contributed by atoms with Crippen molar-refractivity contribution in [2.75, 3.05) is 47.5 Å². The first kappa shape index (κ1) is 47.2. The van der Waals surface area contributed by atoms with Crippen LogP contribution in [0, 0.1) is 0 Å². The van der Waals surface area contributed by atoms with Crippen molar-refractivity contribution in [1.29, 1.82) is 0 Å². The van der Waals surface area contributed by atoms with Crippen LogP contribution in [0.15, 0.2) is 12.2 Å². The number of carboxylic acid groups (broad SMARTS) is 1. The number of hydrogen-bond donors (Lipinski definition) is 3. The minimum Gasteiger partial charge on any atom is -0.478 e. The van der Waals surface area contributed by atoms with E-state index in [1.54, 1.807) is 0 Å². The monoisotopic (exact) mass is 722 g/mol. The van der Waals surface area contributed by atoms with Crippen LogP contribution >= 0.6 is 7.82 Å². The van der Waals surface area contributed by atoms with Gasteiger partial charge in [-0.3, -0.25) is 18.6 Å². The van der Waals surface area contributed by atoms with Gasteiger partial charge in [0.2, 0.25) is 0 Å². The van der Waals surface area contributed by atoms with E-state index in [4.69, 9.17) is 23.6 Å². The molecular formula is C36H69NO11P+. The quantitative estimate of drug-likeness (QED) is 0.0198. The van der Waals surface area contributed by atoms with Crippen LogP contribution in [0.3, 0.4) is 0 Å². The van der Waals surface area contributed by atoms with E-state index in [2.05, 4.69) is 6.92 Å². The van der Waals surface area contributed by atoms with Crippen molar-refractivity contribution in [3.8, 4) is 0 Å². The summed E-state index contributed by atoms with van der Waals surface area (Å²) in [7, 11) is 1.34. The summed E-state index contributed by atoms with van der Waals surface area (Å²) >= 11 is 0. The maximum absolute atomic E-state index is 12.5. The molecule has 0 aromatic carbocycles. The molecule has 0 saturated heterocycles. The van der Waals surface area contributed by atoms with E-state index in [-0.39, 0.29) is 26.1 Å². The highest BCUT2D eigenvalue weighted by atomic mass is 31.2. The highest BCUT2D eigenvalue weighted by molar-refractivity contribution is 7.47. The number of quaternary nitrogens is 1. The Balaban J connectivity index is 4.48. The molecule has 0 heterocycles. The van der Waals surface area contributed by atoms with Crippen LogP contribution in [-0.2, 0) is 37.5 Å². The first-order valence-electron chi connectivity index (χ1n) is 18.6. The second kappa shape index (κ2) is 29.9. The maximum Gasteiger partial charge on any atom is 0.472 e. The molecule has 0 radical (unpaired) electrons. The number of esters is 2. The fourth-order valence-electron chi connectivity index (χ4n) is 4.99. The van der Waals surface area contributed by atoms with Gasteiger partial charge in [0.15, 0.2) is 6.10 Å². The number of aliphatic hydroxyl groups is 1. The molecule has 0 aromatic rings. The van der Waals surface area contributed by atoms with Crippen molar-refractivity contribution in [2.24, 2.45) is 0 Å². The molecule has 0 aliphatic heterocycles. The molecule has 0 fully saturated rings. The summed E-state index contributed by atoms with van der Waals surface area (Å²) in [6.07, 6.45) is 20.4. The van der Waals surface area contributed by atoms with E-state index in [1.165, 1.54) is 63.9 Å². The lowest BCUT2D eigenvalue weighted by atomic mass is 10.0. The number of ether oxygens (including phenoxy) is 2. The number of phosphoric acid groups is 1. The number of aliphatic hydroxyl groups excluding tert-OH is 1. The van der Waals surface area contributed by atoms with Crippen LogP contribution in [-0.4, -0.2) is 97.2 Å². The zero-order valence-corrected chi connectivity index (χ0v) is 31.9. The number of nitrogens with zero attached hydrogens (tertiary/aromatic N) is 1. The Morgan fingerprint density at radius 1 is 0.714 bits per heavy atom. The van der Waals surface area contributed by atoms with Crippen molar-refractivity contribution >= 4 is 25.7 Å². The van der Waals surface area contributed by atoms with Crippen molar-refractivity contribution < 1.29 is 57.1 Å². The summed E-state index contributed by atoms with van der Waals surface area (Å²) in [6, 6.07) is 0. The third kappa shape index (κ3) is 34.4. The predicted molar refractivity (Wildman–Crippen MR) is 191 cm³/mol. The number of rotatable bonds is 34. The van der Waals surface area contributed by atoms with Gasteiger partial charge in [-0.05, 0) is 25.3 Å². The van der Waals surface area contributed by atoms with Crippen LogP contribution in [0.25, 0.3) is 0 Å². The Labute approximate surface area is 296 Å². The van der Waals surface area contributed by atoms with E-state index in [1.807, 2.05) is 21.1 Å². The molecule has 12 nitrogen and oxygen atoms in total. The molecule has 3 N–H and O–H groups in total. The van der Waals surface area contributed by atoms with Crippen LogP contribution in [0.4, 0.5) is 0 Å². The molecular weight excluding hydrogens is 653 g/mol. The molecule has 0 aliphatic rings. The molecule has 0 saturated carbocycles. The summed E-state index contributed by atoms with van der Waals surface area (Å²) in [6.45, 7) is 1.95. The second-order valence-corrected chi connectivity index (χ2v) is 15.4. The zero-order chi connectivity index (χ0) is 36.8. The van der Waals surface area contributed by atoms with E-state index < -0.39 is 44.5 Å². The van der Waals surface area contributed by atoms with Gasteiger partial charge in [-0.25, -0.2) is 9.36 Å². The standard InChI is InChI=1S/C36H68NO11P/c1-5-6-7-8-9-10-11-12-13-14-15-18-21-24-35(41)45-30-33(31-47-49(43,44)46-29-28-37(2,3)4)48-36(42)25-22-19-16-17-20-23-32(38)26-27-34(39)40/h26-27,32-33,38H,5-25,28-31H2,1-4H3,(H-,39,40,43,44)/p+1/b27-26+. The smallest absolute Gasteiger partial charge is 0.472 e. The first-order valence-corrected chi connectivity index (χ1v) is 20.1. The second-order valence-electron chi connectivity index (χ2n) is 14.0. The average molecular weight is 723 g/mol. The van der Waals surface area contributed by atoms with Gasteiger partial charge in [0.25, 0.3) is 0 Å². The van der Waals surface area contributed by atoms with Gasteiger partial charge in [0.1, 0.15) is 19.8 Å². The summed E-state index contributed by atoms with van der Waals surface area (Å²) < 4.78 is 33.9. The lowest BCUT2D eigenvalue weighted by Crippen LogP contribution is -2.37. The average Bonchev–Trinajstić information content (AvgIpc) is 3.02. The lowest BCUT2D eigenvalue weighted by molar-refractivity contribution is -0.870. The van der Waals surface area contributed by atoms with Gasteiger partial charge in [0.05, 0.1) is 33.9 Å². The molecule has 0 rings (SSSR count). The minimum atomic E-state index is -4.41. The van der Waals surface area contributed by atoms with Crippen molar-refractivity contribution in [3.63, 3.8) is 0 Å². The molecule has 0 spiro atoms. The highest BCUT2D eigenvalue weighted by Crippen LogP contribution is 2.43. The number of likely N-dealkylation sites (N-methyl/N-ethyl adjacent to an activating group) is 1. The molecule has 13 heteroatoms. The van der Waals surface area contributed by atoms with E-state index in [9.17, 15) is 28.9 Å². The normalized spacial score (nSPS) is 14.4. The Kier molecular flexibility index (Phi) is 28.8. The van der Waals surface area contributed by atoms with Gasteiger partial charge in [0, 0.05) is 18.9 Å². The number of phosphoric ester groups is 1. The van der Waals surface area contributed by atoms with Gasteiger partial charge in [-0.15, -0.1) is 0 Å². The number of carbonyl (C=O) groups excluding carboxylic acids is 2. The molecule has 0 amide bonds. The third-order valence-corrected chi connectivity index (χ3v) is 8.98. The Hall–Kier alpha value is -1.82. The fraction of sp³-hybridized carbons (Fsp3) is 0.861. The van der Waals surface area contributed by atoms with Crippen molar-refractivity contribution in [3.05, 3.63) is 12.2 Å². The zero-order valence-electron chi connectivity index (χ0n) is 31.0. The highest BCUT2D eigenvalue weighted by Gasteiger charge is 2.27. The van der Waals surface area contributed by atoms with Gasteiger partial charge in [-0.2, -0.15) is 0 Å². The largest absolute Gasteiger partial charge is 0.478 e. The molecule has 0 aliphatic carbocycles. The number of aliphatic carboxylic acids is 1. The maximum atomic E-state index is 12.5. The first-order chi connectivity index (χ1) is 23.2. The number of carboxylic acids is 1. The fourth-order valence-corrected chi connectivity index (χ4v) is 5.74. The Morgan fingerprint density at radius 3 is 1.71 bits per heavy atom. The number of carbonyl (C=O) groups is 3. The van der Waals surface area contributed by atoms with E-state index in [0.29, 0.717) is 30.3 Å². The van der Waals surface area contributed by atoms with E-state index >= 15 is 0 Å². The van der Waals surface area contributed by atoms with Crippen LogP contribution < -0.4 is 0 Å². The molecule has 3 unspecified atom stereocenters. The Bertz CT molecular complexity index is 938. The third-order valence-electron chi connectivity index (χ3n) is 7.99. The summed E-state index contributed by atoms with van der Waals surface area (Å²) in [5.41, 5.74) is 0. The van der Waals surface area contributed by atoms with Crippen LogP contribution in [0.5, 0.6) is 0 Å². The Morgan fingerprint density at radius 2 is 1.20 bits per heavy atom. The molecule has 0 bridgehead atoms. The minimum absolute atomic E-state index is 0.00611. The van der Waals surface area contributed by atoms with Crippen LogP contribution in [0.1, 0.15) is 142 Å². The topological polar surface area (TPSA) is 166 Å². The lowest BCUT2D eigenvalue weighted by Gasteiger charge is -2.24.